The average Bonchev–Trinajstić information content (AvgIpc) is 2.92. The predicted octanol–water partition coefficient (Wildman–Crippen LogP) is 5.97. The average molecular weight is 552 g/mol. The van der Waals surface area contributed by atoms with Crippen LogP contribution in [-0.4, -0.2) is 31.2 Å². The normalized spacial score (nSPS) is 18.3. The fraction of sp³-hybridized carbons (Fsp3) is 0.355. The van der Waals surface area contributed by atoms with Gasteiger partial charge in [-0.1, -0.05) is 48.5 Å². The Morgan fingerprint density at radius 3 is 2.26 bits per heavy atom. The number of amides is 1. The number of halogens is 1. The quantitative estimate of drug-likeness (QED) is 0.324. The second-order valence-corrected chi connectivity index (χ2v) is 12.5. The van der Waals surface area contributed by atoms with Gasteiger partial charge < -0.3 is 10.4 Å². The van der Waals surface area contributed by atoms with Crippen LogP contribution in [0, 0.1) is 17.7 Å². The Morgan fingerprint density at radius 1 is 0.949 bits per heavy atom. The molecule has 4 rings (SSSR count). The molecule has 3 aromatic carbocycles. The molecule has 0 bridgehead atoms. The smallest absolute Gasteiger partial charge is 0.307 e. The summed E-state index contributed by atoms with van der Waals surface area (Å²) in [5.41, 5.74) is 3.20. The number of hydrogen-bond donors (Lipinski definition) is 2. The first-order chi connectivity index (χ1) is 18.6. The summed E-state index contributed by atoms with van der Waals surface area (Å²) in [6, 6.07) is 19.9. The number of sulfone groups is 1. The number of carboxylic acid groups (broad SMARTS) is 1. The molecule has 206 valence electrons. The van der Waals surface area contributed by atoms with Gasteiger partial charge in [-0.2, -0.15) is 0 Å². The summed E-state index contributed by atoms with van der Waals surface area (Å²) < 4.78 is 39.1. The highest BCUT2D eigenvalue weighted by atomic mass is 32.2. The third-order valence-electron chi connectivity index (χ3n) is 7.57. The Balaban J connectivity index is 1.26. The molecule has 0 unspecified atom stereocenters. The van der Waals surface area contributed by atoms with Gasteiger partial charge >= 0.3 is 5.97 Å². The number of nitrogens with one attached hydrogen (secondary N) is 1. The Labute approximate surface area is 229 Å². The second kappa shape index (κ2) is 12.6. The molecule has 0 saturated heterocycles. The van der Waals surface area contributed by atoms with Crippen molar-refractivity contribution in [2.75, 3.05) is 5.75 Å². The summed E-state index contributed by atoms with van der Waals surface area (Å²) in [7, 11) is -3.45. The summed E-state index contributed by atoms with van der Waals surface area (Å²) in [4.78, 5) is 24.0. The molecule has 1 aliphatic rings. The van der Waals surface area contributed by atoms with Gasteiger partial charge in [0.25, 0.3) is 0 Å². The highest BCUT2D eigenvalue weighted by Gasteiger charge is 2.28. The first kappa shape index (κ1) is 28.5. The van der Waals surface area contributed by atoms with Crippen LogP contribution in [0.1, 0.15) is 56.2 Å². The van der Waals surface area contributed by atoms with Crippen LogP contribution in [0.3, 0.4) is 0 Å². The molecule has 0 heterocycles. The Bertz CT molecular complexity index is 1400. The van der Waals surface area contributed by atoms with Crippen molar-refractivity contribution in [1.29, 1.82) is 0 Å². The number of aliphatic carboxylic acids is 1. The van der Waals surface area contributed by atoms with E-state index in [1.54, 1.807) is 54.6 Å². The van der Waals surface area contributed by atoms with Gasteiger partial charge in [-0.25, -0.2) is 12.8 Å². The van der Waals surface area contributed by atoms with E-state index in [-0.39, 0.29) is 46.7 Å². The van der Waals surface area contributed by atoms with Gasteiger partial charge in [-0.3, -0.25) is 9.59 Å². The van der Waals surface area contributed by atoms with Crippen LogP contribution in [0.15, 0.2) is 77.7 Å². The van der Waals surface area contributed by atoms with E-state index < -0.39 is 15.8 Å². The van der Waals surface area contributed by atoms with E-state index in [9.17, 15) is 22.4 Å². The fourth-order valence-corrected chi connectivity index (χ4v) is 6.64. The van der Waals surface area contributed by atoms with E-state index in [2.05, 4.69) is 5.32 Å². The maximum atomic E-state index is 13.2. The number of carboxylic acids is 1. The zero-order valence-electron chi connectivity index (χ0n) is 22.0. The van der Waals surface area contributed by atoms with Gasteiger partial charge in [0.2, 0.25) is 5.91 Å². The van der Waals surface area contributed by atoms with Gasteiger partial charge in [0, 0.05) is 5.92 Å². The summed E-state index contributed by atoms with van der Waals surface area (Å²) in [5, 5.41) is 12.0. The lowest BCUT2D eigenvalue weighted by Gasteiger charge is -2.28. The summed E-state index contributed by atoms with van der Waals surface area (Å²) in [6.07, 6.45) is 3.56. The van der Waals surface area contributed by atoms with Gasteiger partial charge in [-0.05, 0) is 91.5 Å². The van der Waals surface area contributed by atoms with E-state index in [1.165, 1.54) is 12.1 Å². The molecular formula is C31H34FNO5S. The SMILES string of the molecule is C[C@@H](NC(=O)C1CCC(CCS(=O)(=O)c2ccc(-c3cccc(CC(=O)O)c3)cc2)CC1)c1ccc(F)cc1. The number of carbonyl (C=O) groups is 2. The lowest BCUT2D eigenvalue weighted by Crippen LogP contribution is -2.35. The first-order valence-corrected chi connectivity index (χ1v) is 15.0. The van der Waals surface area contributed by atoms with Crippen LogP contribution >= 0.6 is 0 Å². The van der Waals surface area contributed by atoms with Crippen LogP contribution in [0.4, 0.5) is 4.39 Å². The summed E-state index contributed by atoms with van der Waals surface area (Å²) in [5.74, 6) is -0.996. The molecule has 39 heavy (non-hydrogen) atoms. The van der Waals surface area contributed by atoms with E-state index in [0.717, 1.165) is 42.4 Å². The molecule has 6 nitrogen and oxygen atoms in total. The zero-order chi connectivity index (χ0) is 28.0. The van der Waals surface area contributed by atoms with Gasteiger partial charge in [0.05, 0.1) is 23.1 Å². The Hall–Kier alpha value is -3.52. The van der Waals surface area contributed by atoms with Crippen molar-refractivity contribution in [1.82, 2.24) is 5.32 Å². The highest BCUT2D eigenvalue weighted by molar-refractivity contribution is 7.91. The van der Waals surface area contributed by atoms with Crippen LogP contribution in [-0.2, 0) is 25.8 Å². The summed E-state index contributed by atoms with van der Waals surface area (Å²) >= 11 is 0. The minimum atomic E-state index is -3.45. The van der Waals surface area contributed by atoms with Crippen molar-refractivity contribution < 1.29 is 27.5 Å². The van der Waals surface area contributed by atoms with Crippen molar-refractivity contribution in [2.24, 2.45) is 11.8 Å². The minimum absolute atomic E-state index is 0.00789. The third-order valence-corrected chi connectivity index (χ3v) is 9.33. The third kappa shape index (κ3) is 7.76. The lowest BCUT2D eigenvalue weighted by atomic mass is 9.80. The van der Waals surface area contributed by atoms with Crippen molar-refractivity contribution in [3.63, 3.8) is 0 Å². The highest BCUT2D eigenvalue weighted by Crippen LogP contribution is 2.32. The minimum Gasteiger partial charge on any atom is -0.481 e. The number of benzene rings is 3. The van der Waals surface area contributed by atoms with Crippen molar-refractivity contribution >= 4 is 21.7 Å². The van der Waals surface area contributed by atoms with E-state index in [0.29, 0.717) is 12.0 Å². The van der Waals surface area contributed by atoms with Crippen molar-refractivity contribution in [3.8, 4) is 11.1 Å². The molecule has 2 N–H and O–H groups in total. The van der Waals surface area contributed by atoms with Gasteiger partial charge in [0.15, 0.2) is 9.84 Å². The van der Waals surface area contributed by atoms with Crippen molar-refractivity contribution in [2.45, 2.75) is 56.4 Å². The van der Waals surface area contributed by atoms with E-state index >= 15 is 0 Å². The molecule has 8 heteroatoms. The Kier molecular flexibility index (Phi) is 9.17. The van der Waals surface area contributed by atoms with E-state index in [1.807, 2.05) is 13.0 Å². The molecule has 0 spiro atoms. The molecule has 0 radical (unpaired) electrons. The molecule has 1 saturated carbocycles. The summed E-state index contributed by atoms with van der Waals surface area (Å²) in [6.45, 7) is 1.88. The second-order valence-electron chi connectivity index (χ2n) is 10.4. The maximum Gasteiger partial charge on any atom is 0.307 e. The van der Waals surface area contributed by atoms with E-state index in [4.69, 9.17) is 5.11 Å². The van der Waals surface area contributed by atoms with Crippen LogP contribution in [0.25, 0.3) is 11.1 Å². The molecule has 0 aliphatic heterocycles. The van der Waals surface area contributed by atoms with Crippen LogP contribution in [0.2, 0.25) is 0 Å². The molecule has 0 aromatic heterocycles. The first-order valence-electron chi connectivity index (χ1n) is 13.3. The number of hydrogen-bond acceptors (Lipinski definition) is 4. The topological polar surface area (TPSA) is 101 Å². The molecular weight excluding hydrogens is 517 g/mol. The van der Waals surface area contributed by atoms with Crippen LogP contribution in [0.5, 0.6) is 0 Å². The lowest BCUT2D eigenvalue weighted by molar-refractivity contribution is -0.136. The molecule has 1 amide bonds. The van der Waals surface area contributed by atoms with Crippen LogP contribution < -0.4 is 5.32 Å². The zero-order valence-corrected chi connectivity index (χ0v) is 22.8. The van der Waals surface area contributed by atoms with Gasteiger partial charge in [0.1, 0.15) is 5.82 Å². The molecule has 3 aromatic rings. The standard InChI is InChI=1S/C31H34FNO5S/c1-21(24-9-13-28(32)14-10-24)33-31(36)26-7-5-22(6-8-26)17-18-39(37,38)29-15-11-25(12-16-29)27-4-2-3-23(19-27)20-30(34)35/h2-4,9-16,19,21-22,26H,5-8,17-18,20H2,1H3,(H,33,36)(H,34,35)/t21-,22?,26?/m1/s1. The maximum absolute atomic E-state index is 13.2. The Morgan fingerprint density at radius 2 is 1.62 bits per heavy atom. The number of carbonyl (C=O) groups excluding carboxylic acids is 1. The largest absolute Gasteiger partial charge is 0.481 e. The number of rotatable bonds is 10. The van der Waals surface area contributed by atoms with Gasteiger partial charge in [-0.15, -0.1) is 0 Å². The monoisotopic (exact) mass is 551 g/mol. The predicted molar refractivity (Wildman–Crippen MR) is 148 cm³/mol. The molecule has 1 aliphatic carbocycles. The molecule has 1 fully saturated rings. The fourth-order valence-electron chi connectivity index (χ4n) is 5.21. The molecule has 1 atom stereocenters. The van der Waals surface area contributed by atoms with Crippen molar-refractivity contribution in [3.05, 3.63) is 89.7 Å².